The molecule has 0 radical (unpaired) electrons. The Hall–Kier alpha value is -0.150. The van der Waals surface area contributed by atoms with E-state index in [4.69, 9.17) is 5.11 Å². The quantitative estimate of drug-likeness (QED) is 0.532. The maximum Gasteiger partial charge on any atom is 0.102 e. The normalized spacial score (nSPS) is 13.7. The zero-order chi connectivity index (χ0) is 7.11. The van der Waals surface area contributed by atoms with Crippen LogP contribution in [0.3, 0.4) is 0 Å². The summed E-state index contributed by atoms with van der Waals surface area (Å²) >= 11 is 0. The zero-order valence-corrected chi connectivity index (χ0v) is 5.73. The molecule has 1 unspecified atom stereocenters. The average molecular weight is 135 g/mol. The molecular formula is C6H14FNO. The van der Waals surface area contributed by atoms with Gasteiger partial charge >= 0.3 is 0 Å². The van der Waals surface area contributed by atoms with Crippen molar-refractivity contribution in [2.45, 2.75) is 19.4 Å². The lowest BCUT2D eigenvalue weighted by Gasteiger charge is -2.06. The fourth-order valence-corrected chi connectivity index (χ4v) is 0.480. The van der Waals surface area contributed by atoms with Crippen molar-refractivity contribution in [1.29, 1.82) is 0 Å². The summed E-state index contributed by atoms with van der Waals surface area (Å²) < 4.78 is 11.4. The molecule has 1 atom stereocenters. The maximum atomic E-state index is 11.4. The minimum atomic E-state index is -0.365. The Balaban J connectivity index is 2.88. The molecule has 0 amide bonds. The van der Waals surface area contributed by atoms with Crippen molar-refractivity contribution in [3.63, 3.8) is 0 Å². The van der Waals surface area contributed by atoms with Gasteiger partial charge in [-0.3, -0.25) is 0 Å². The third-order valence-corrected chi connectivity index (χ3v) is 1.12. The van der Waals surface area contributed by atoms with Gasteiger partial charge in [0, 0.05) is 13.1 Å². The summed E-state index contributed by atoms with van der Waals surface area (Å²) in [6.07, 6.45) is 0.399. The van der Waals surface area contributed by atoms with Crippen molar-refractivity contribution < 1.29 is 9.50 Å². The van der Waals surface area contributed by atoms with Gasteiger partial charge in [0.25, 0.3) is 0 Å². The monoisotopic (exact) mass is 135 g/mol. The summed E-state index contributed by atoms with van der Waals surface area (Å²) in [6, 6.07) is 0. The van der Waals surface area contributed by atoms with Crippen LogP contribution in [0.4, 0.5) is 4.39 Å². The van der Waals surface area contributed by atoms with E-state index in [9.17, 15) is 4.39 Å². The van der Waals surface area contributed by atoms with E-state index in [1.165, 1.54) is 0 Å². The van der Waals surface area contributed by atoms with Crippen LogP contribution >= 0.6 is 0 Å². The zero-order valence-electron chi connectivity index (χ0n) is 5.73. The molecule has 0 heterocycles. The second kappa shape index (κ2) is 5.98. The van der Waals surface area contributed by atoms with Crippen LogP contribution in [0.25, 0.3) is 0 Å². The summed E-state index contributed by atoms with van der Waals surface area (Å²) in [6.45, 7) is 2.37. The van der Waals surface area contributed by atoms with Crippen molar-refractivity contribution >= 4 is 0 Å². The second-order valence-electron chi connectivity index (χ2n) is 1.96. The Bertz CT molecular complexity index is 61.0. The Morgan fingerprint density at radius 2 is 2.33 bits per heavy atom. The molecule has 0 bridgehead atoms. The molecule has 0 aliphatic heterocycles. The van der Waals surface area contributed by atoms with Crippen LogP contribution in [0, 0.1) is 0 Å². The van der Waals surface area contributed by atoms with Crippen molar-refractivity contribution in [2.24, 2.45) is 0 Å². The van der Waals surface area contributed by atoms with Crippen molar-refractivity contribution in [1.82, 2.24) is 5.32 Å². The average Bonchev–Trinajstić information content (AvgIpc) is 1.89. The number of rotatable bonds is 5. The first-order chi connectivity index (χ1) is 4.31. The van der Waals surface area contributed by atoms with E-state index in [-0.39, 0.29) is 12.8 Å². The van der Waals surface area contributed by atoms with Gasteiger partial charge in [0.15, 0.2) is 0 Å². The van der Waals surface area contributed by atoms with Crippen molar-refractivity contribution in [3.8, 4) is 0 Å². The molecule has 0 saturated carbocycles. The third kappa shape index (κ3) is 5.73. The van der Waals surface area contributed by atoms with E-state index in [1.54, 1.807) is 0 Å². The molecule has 0 aliphatic rings. The fraction of sp³-hybridized carbons (Fsp3) is 1.00. The van der Waals surface area contributed by atoms with Crippen LogP contribution in [-0.4, -0.2) is 31.0 Å². The van der Waals surface area contributed by atoms with Crippen LogP contribution in [0.15, 0.2) is 0 Å². The van der Waals surface area contributed by atoms with Gasteiger partial charge in [-0.25, -0.2) is 4.39 Å². The summed E-state index contributed by atoms with van der Waals surface area (Å²) in [5, 5.41) is 11.7. The highest BCUT2D eigenvalue weighted by atomic mass is 19.1. The van der Waals surface area contributed by atoms with Crippen molar-refractivity contribution in [3.05, 3.63) is 0 Å². The molecule has 0 aliphatic carbocycles. The smallest absolute Gasteiger partial charge is 0.102 e. The van der Waals surface area contributed by atoms with Gasteiger partial charge in [0.1, 0.15) is 6.67 Å². The molecule has 0 saturated heterocycles. The van der Waals surface area contributed by atoms with E-state index in [0.29, 0.717) is 13.1 Å². The van der Waals surface area contributed by atoms with E-state index in [0.717, 1.165) is 6.42 Å². The predicted molar refractivity (Wildman–Crippen MR) is 35.1 cm³/mol. The lowest BCUT2D eigenvalue weighted by atomic mass is 10.3. The lowest BCUT2D eigenvalue weighted by molar-refractivity contribution is 0.167. The first-order valence-corrected chi connectivity index (χ1v) is 3.26. The van der Waals surface area contributed by atoms with Gasteiger partial charge in [-0.05, 0) is 6.42 Å². The van der Waals surface area contributed by atoms with Gasteiger partial charge in [-0.1, -0.05) is 6.92 Å². The Morgan fingerprint density at radius 1 is 1.67 bits per heavy atom. The minimum absolute atomic E-state index is 0.323. The van der Waals surface area contributed by atoms with Gasteiger partial charge in [-0.2, -0.15) is 0 Å². The maximum absolute atomic E-state index is 11.4. The molecule has 0 rings (SSSR count). The van der Waals surface area contributed by atoms with Crippen LogP contribution in [0.1, 0.15) is 13.3 Å². The summed E-state index contributed by atoms with van der Waals surface area (Å²) in [4.78, 5) is 0. The lowest BCUT2D eigenvalue weighted by Crippen LogP contribution is -2.27. The van der Waals surface area contributed by atoms with E-state index >= 15 is 0 Å². The first kappa shape index (κ1) is 8.85. The van der Waals surface area contributed by atoms with Gasteiger partial charge in [-0.15, -0.1) is 0 Å². The molecule has 0 fully saturated rings. The molecule has 56 valence electrons. The van der Waals surface area contributed by atoms with Crippen molar-refractivity contribution in [2.75, 3.05) is 19.8 Å². The van der Waals surface area contributed by atoms with E-state index in [1.807, 2.05) is 6.92 Å². The van der Waals surface area contributed by atoms with Gasteiger partial charge in [0.05, 0.1) is 6.10 Å². The highest BCUT2D eigenvalue weighted by Crippen LogP contribution is 1.85. The van der Waals surface area contributed by atoms with Gasteiger partial charge < -0.3 is 10.4 Å². The highest BCUT2D eigenvalue weighted by Gasteiger charge is 1.96. The van der Waals surface area contributed by atoms with Crippen LogP contribution in [0.5, 0.6) is 0 Å². The Kier molecular flexibility index (Phi) is 5.88. The molecule has 3 heteroatoms. The first-order valence-electron chi connectivity index (χ1n) is 3.26. The number of aliphatic hydroxyl groups is 1. The fourth-order valence-electron chi connectivity index (χ4n) is 0.480. The minimum Gasteiger partial charge on any atom is -0.392 e. The Labute approximate surface area is 55.1 Å². The number of halogens is 1. The van der Waals surface area contributed by atoms with E-state index < -0.39 is 0 Å². The topological polar surface area (TPSA) is 32.3 Å². The summed E-state index contributed by atoms with van der Waals surface area (Å²) in [5.41, 5.74) is 0. The molecule has 2 N–H and O–H groups in total. The SMILES string of the molecule is CCC(O)CNCCF. The predicted octanol–water partition coefficient (Wildman–Crippen LogP) is 0.316. The molecule has 9 heavy (non-hydrogen) atoms. The summed E-state index contributed by atoms with van der Waals surface area (Å²) in [5.74, 6) is 0. The number of hydrogen-bond donors (Lipinski definition) is 2. The van der Waals surface area contributed by atoms with Gasteiger partial charge in [0.2, 0.25) is 0 Å². The highest BCUT2D eigenvalue weighted by molar-refractivity contribution is 4.55. The van der Waals surface area contributed by atoms with Crippen LogP contribution in [0.2, 0.25) is 0 Å². The largest absolute Gasteiger partial charge is 0.392 e. The second-order valence-corrected chi connectivity index (χ2v) is 1.96. The molecule has 0 spiro atoms. The number of alkyl halides is 1. The van der Waals surface area contributed by atoms with E-state index in [2.05, 4.69) is 5.32 Å². The van der Waals surface area contributed by atoms with Crippen LogP contribution < -0.4 is 5.32 Å². The standard InChI is InChI=1S/C6H14FNO/c1-2-6(9)5-8-4-3-7/h6,8-9H,2-5H2,1H3. The molecule has 0 aromatic heterocycles. The number of nitrogens with one attached hydrogen (secondary N) is 1. The molecule has 2 nitrogen and oxygen atoms in total. The third-order valence-electron chi connectivity index (χ3n) is 1.12. The Morgan fingerprint density at radius 3 is 2.78 bits per heavy atom. The molecule has 0 aromatic rings. The number of hydrogen-bond acceptors (Lipinski definition) is 2. The van der Waals surface area contributed by atoms with Crippen LogP contribution in [-0.2, 0) is 0 Å². The number of aliphatic hydroxyl groups excluding tert-OH is 1. The summed E-state index contributed by atoms with van der Waals surface area (Å²) in [7, 11) is 0. The molecule has 0 aromatic carbocycles. The molecular weight excluding hydrogens is 121 g/mol.